The number of ether oxygens (including phenoxy) is 2. The number of methoxy groups -OCH3 is 1. The minimum Gasteiger partial charge on any atom is -0.496 e. The van der Waals surface area contributed by atoms with E-state index in [1.165, 1.54) is 0 Å². The lowest BCUT2D eigenvalue weighted by molar-refractivity contribution is 0.0736. The first-order valence-corrected chi connectivity index (χ1v) is 9.65. The Balaban J connectivity index is 1.66. The smallest absolute Gasteiger partial charge is 0.125 e. The lowest BCUT2D eigenvalue weighted by Crippen LogP contribution is -2.26. The Bertz CT molecular complexity index is 889. The first kappa shape index (κ1) is 20.0. The monoisotopic (exact) mass is 380 g/mol. The Morgan fingerprint density at radius 1 is 1.11 bits per heavy atom. The van der Waals surface area contributed by atoms with Gasteiger partial charge in [-0.05, 0) is 43.5 Å². The standard InChI is InChI=1S/C23H28N2O3/c1-4-23(26,21-8-5-6-9-22(21)27-3)19-10-12-20(13-11-19)28-17-7-15-25-16-14-24-18(25)2/h5-6,8-14,16,26H,4,7,15,17H2,1-3H3. The van der Waals surface area contributed by atoms with Crippen LogP contribution < -0.4 is 9.47 Å². The zero-order valence-corrected chi connectivity index (χ0v) is 16.8. The van der Waals surface area contributed by atoms with Crippen LogP contribution in [0.5, 0.6) is 11.5 Å². The van der Waals surface area contributed by atoms with Crippen molar-refractivity contribution >= 4 is 0 Å². The van der Waals surface area contributed by atoms with E-state index in [0.717, 1.165) is 35.7 Å². The summed E-state index contributed by atoms with van der Waals surface area (Å²) in [5, 5.41) is 11.4. The van der Waals surface area contributed by atoms with Crippen molar-refractivity contribution < 1.29 is 14.6 Å². The van der Waals surface area contributed by atoms with Crippen LogP contribution in [0.4, 0.5) is 0 Å². The quantitative estimate of drug-likeness (QED) is 0.562. The van der Waals surface area contributed by atoms with Crippen molar-refractivity contribution in [3.63, 3.8) is 0 Å². The summed E-state index contributed by atoms with van der Waals surface area (Å²) < 4.78 is 13.4. The predicted molar refractivity (Wildman–Crippen MR) is 110 cm³/mol. The van der Waals surface area contributed by atoms with Crippen molar-refractivity contribution in [1.29, 1.82) is 0 Å². The molecule has 5 heteroatoms. The van der Waals surface area contributed by atoms with E-state index in [1.807, 2.05) is 74.8 Å². The third-order valence-corrected chi connectivity index (χ3v) is 5.13. The van der Waals surface area contributed by atoms with Crippen LogP contribution in [0.1, 0.15) is 36.7 Å². The molecule has 0 amide bonds. The molecule has 1 heterocycles. The number of rotatable bonds is 9. The molecule has 1 atom stereocenters. The normalized spacial score (nSPS) is 13.1. The van der Waals surface area contributed by atoms with E-state index in [2.05, 4.69) is 9.55 Å². The van der Waals surface area contributed by atoms with E-state index in [9.17, 15) is 5.11 Å². The molecule has 1 aromatic heterocycles. The highest BCUT2D eigenvalue weighted by molar-refractivity contribution is 5.45. The molecule has 3 rings (SSSR count). The summed E-state index contributed by atoms with van der Waals surface area (Å²) in [4.78, 5) is 4.22. The molecule has 5 nitrogen and oxygen atoms in total. The second kappa shape index (κ2) is 8.93. The number of benzene rings is 2. The molecule has 0 saturated heterocycles. The molecule has 0 fully saturated rings. The fourth-order valence-corrected chi connectivity index (χ4v) is 3.43. The number of para-hydroxylation sites is 1. The van der Waals surface area contributed by atoms with Crippen molar-refractivity contribution in [3.8, 4) is 11.5 Å². The number of hydrogen-bond donors (Lipinski definition) is 1. The molecule has 28 heavy (non-hydrogen) atoms. The van der Waals surface area contributed by atoms with Crippen molar-refractivity contribution in [3.05, 3.63) is 77.9 Å². The second-order valence-electron chi connectivity index (χ2n) is 6.81. The average molecular weight is 380 g/mol. The maximum Gasteiger partial charge on any atom is 0.125 e. The van der Waals surface area contributed by atoms with E-state index in [1.54, 1.807) is 7.11 Å². The van der Waals surface area contributed by atoms with E-state index >= 15 is 0 Å². The highest BCUT2D eigenvalue weighted by Crippen LogP contribution is 2.38. The van der Waals surface area contributed by atoms with Gasteiger partial charge in [-0.15, -0.1) is 0 Å². The molecule has 1 unspecified atom stereocenters. The van der Waals surface area contributed by atoms with Crippen LogP contribution in [0.2, 0.25) is 0 Å². The van der Waals surface area contributed by atoms with Crippen LogP contribution in [0, 0.1) is 6.92 Å². The molecule has 0 spiro atoms. The van der Waals surface area contributed by atoms with Crippen molar-refractivity contribution in [2.75, 3.05) is 13.7 Å². The summed E-state index contributed by atoms with van der Waals surface area (Å²) in [5.41, 5.74) is 0.481. The van der Waals surface area contributed by atoms with Gasteiger partial charge in [0, 0.05) is 24.5 Å². The second-order valence-corrected chi connectivity index (χ2v) is 6.81. The molecule has 0 bridgehead atoms. The molecule has 1 N–H and O–H groups in total. The highest BCUT2D eigenvalue weighted by atomic mass is 16.5. The Morgan fingerprint density at radius 2 is 1.86 bits per heavy atom. The van der Waals surface area contributed by atoms with E-state index in [4.69, 9.17) is 9.47 Å². The van der Waals surface area contributed by atoms with Crippen molar-refractivity contribution in [1.82, 2.24) is 9.55 Å². The topological polar surface area (TPSA) is 56.5 Å². The average Bonchev–Trinajstić information content (AvgIpc) is 3.15. The largest absolute Gasteiger partial charge is 0.496 e. The summed E-state index contributed by atoms with van der Waals surface area (Å²) in [6.07, 6.45) is 5.23. The van der Waals surface area contributed by atoms with Crippen LogP contribution in [-0.2, 0) is 12.1 Å². The molecule has 0 saturated carbocycles. The minimum absolute atomic E-state index is 0.540. The summed E-state index contributed by atoms with van der Waals surface area (Å²) in [5.74, 6) is 2.49. The van der Waals surface area contributed by atoms with Crippen LogP contribution in [-0.4, -0.2) is 28.4 Å². The fourth-order valence-electron chi connectivity index (χ4n) is 3.43. The molecular weight excluding hydrogens is 352 g/mol. The van der Waals surface area contributed by atoms with Gasteiger partial charge in [0.15, 0.2) is 0 Å². The van der Waals surface area contributed by atoms with Gasteiger partial charge in [-0.2, -0.15) is 0 Å². The number of aryl methyl sites for hydroxylation is 2. The van der Waals surface area contributed by atoms with Gasteiger partial charge in [-0.1, -0.05) is 37.3 Å². The number of nitrogens with zero attached hydrogens (tertiary/aromatic N) is 2. The number of imidazole rings is 1. The van der Waals surface area contributed by atoms with Crippen LogP contribution in [0.15, 0.2) is 60.9 Å². The SMILES string of the molecule is CCC(O)(c1ccc(OCCCn2ccnc2C)cc1)c1ccccc1OC. The molecular formula is C23H28N2O3. The van der Waals surface area contributed by atoms with Gasteiger partial charge >= 0.3 is 0 Å². The van der Waals surface area contributed by atoms with Gasteiger partial charge in [0.25, 0.3) is 0 Å². The third kappa shape index (κ3) is 4.20. The van der Waals surface area contributed by atoms with Crippen LogP contribution >= 0.6 is 0 Å². The van der Waals surface area contributed by atoms with Gasteiger partial charge in [-0.3, -0.25) is 0 Å². The Kier molecular flexibility index (Phi) is 6.37. The van der Waals surface area contributed by atoms with Crippen LogP contribution in [0.3, 0.4) is 0 Å². The molecule has 3 aromatic rings. The van der Waals surface area contributed by atoms with Gasteiger partial charge in [0.1, 0.15) is 22.9 Å². The molecule has 2 aromatic carbocycles. The zero-order chi connectivity index (χ0) is 20.0. The zero-order valence-electron chi connectivity index (χ0n) is 16.8. The van der Waals surface area contributed by atoms with Crippen molar-refractivity contribution in [2.24, 2.45) is 0 Å². The predicted octanol–water partition coefficient (Wildman–Crippen LogP) is 4.32. The molecule has 0 aliphatic rings. The van der Waals surface area contributed by atoms with E-state index < -0.39 is 5.60 Å². The summed E-state index contributed by atoms with van der Waals surface area (Å²) in [7, 11) is 1.62. The highest BCUT2D eigenvalue weighted by Gasteiger charge is 2.32. The third-order valence-electron chi connectivity index (χ3n) is 5.13. The number of aliphatic hydroxyl groups is 1. The van der Waals surface area contributed by atoms with Gasteiger partial charge in [-0.25, -0.2) is 4.98 Å². The van der Waals surface area contributed by atoms with E-state index in [-0.39, 0.29) is 0 Å². The maximum absolute atomic E-state index is 11.4. The van der Waals surface area contributed by atoms with Gasteiger partial charge in [0.05, 0.1) is 13.7 Å². The lowest BCUT2D eigenvalue weighted by Gasteiger charge is -2.29. The first-order chi connectivity index (χ1) is 13.6. The molecule has 148 valence electrons. The fraction of sp³-hybridized carbons (Fsp3) is 0.348. The van der Waals surface area contributed by atoms with Gasteiger partial charge in [0.2, 0.25) is 0 Å². The van der Waals surface area contributed by atoms with Gasteiger partial charge < -0.3 is 19.1 Å². The van der Waals surface area contributed by atoms with Crippen molar-refractivity contribution in [2.45, 2.75) is 38.8 Å². The molecule has 0 aliphatic heterocycles. The maximum atomic E-state index is 11.4. The number of hydrogen-bond acceptors (Lipinski definition) is 4. The molecule has 0 radical (unpaired) electrons. The summed E-state index contributed by atoms with van der Waals surface area (Å²) in [6.45, 7) is 5.47. The minimum atomic E-state index is -1.11. The summed E-state index contributed by atoms with van der Waals surface area (Å²) in [6, 6.07) is 15.3. The summed E-state index contributed by atoms with van der Waals surface area (Å²) >= 11 is 0. The Labute approximate surface area is 166 Å². The van der Waals surface area contributed by atoms with Crippen LogP contribution in [0.25, 0.3) is 0 Å². The Morgan fingerprint density at radius 3 is 2.50 bits per heavy atom. The molecule has 0 aliphatic carbocycles. The Hall–Kier alpha value is -2.79. The lowest BCUT2D eigenvalue weighted by atomic mass is 9.83. The first-order valence-electron chi connectivity index (χ1n) is 9.65. The van der Waals surface area contributed by atoms with E-state index in [0.29, 0.717) is 18.8 Å². The number of aromatic nitrogens is 2.